The molecule has 0 atom stereocenters. The molecule has 0 unspecified atom stereocenters. The second-order valence-electron chi connectivity index (χ2n) is 14.7. The highest BCUT2D eigenvalue weighted by molar-refractivity contribution is 5.88. The van der Waals surface area contributed by atoms with Crippen LogP contribution in [-0.4, -0.2) is 0 Å². The normalized spacial score (nSPS) is 18.2. The maximum Gasteiger partial charge on any atom is 0.361 e. The van der Waals surface area contributed by atoms with Crippen molar-refractivity contribution in [1.82, 2.24) is 0 Å². The van der Waals surface area contributed by atoms with Crippen molar-refractivity contribution in [3.8, 4) is 22.5 Å². The zero-order chi connectivity index (χ0) is 39.2. The predicted octanol–water partition coefficient (Wildman–Crippen LogP) is 8.86. The molecular formula is C50H43ClO6. The molecule has 6 nitrogen and oxygen atoms in total. The molecule has 0 N–H and O–H groups in total. The van der Waals surface area contributed by atoms with E-state index in [1.165, 1.54) is 55.7 Å². The van der Waals surface area contributed by atoms with Crippen molar-refractivity contribution in [2.24, 2.45) is 0 Å². The Kier molecular flexibility index (Phi) is 11.6. The Balaban J connectivity index is 0.000000859. The van der Waals surface area contributed by atoms with Crippen molar-refractivity contribution in [2.75, 3.05) is 0 Å². The lowest BCUT2D eigenvalue weighted by atomic mass is 9.83. The fraction of sp³-hybridized carbons (Fsp3) is 0.180. The highest BCUT2D eigenvalue weighted by Crippen LogP contribution is 2.45. The number of allylic oxidation sites excluding steroid dienone is 10. The van der Waals surface area contributed by atoms with Crippen LogP contribution in [0.15, 0.2) is 184 Å². The van der Waals surface area contributed by atoms with Gasteiger partial charge in [0.25, 0.3) is 0 Å². The maximum absolute atomic E-state index is 8.49. The van der Waals surface area contributed by atoms with E-state index in [9.17, 15) is 0 Å². The number of fused-ring (bicyclic) bond motifs is 2. The van der Waals surface area contributed by atoms with E-state index >= 15 is 0 Å². The largest absolute Gasteiger partial charge is 0.456 e. The average molecular weight is 775 g/mol. The van der Waals surface area contributed by atoms with Crippen molar-refractivity contribution in [1.29, 1.82) is 0 Å². The summed E-state index contributed by atoms with van der Waals surface area (Å²) in [5.41, 5.74) is 15.3. The summed E-state index contributed by atoms with van der Waals surface area (Å²) >= 11 is 0. The van der Waals surface area contributed by atoms with Gasteiger partial charge in [-0.05, 0) is 115 Å². The molecule has 0 amide bonds. The van der Waals surface area contributed by atoms with Crippen molar-refractivity contribution in [3.05, 3.63) is 202 Å². The average Bonchev–Trinajstić information content (AvgIpc) is 3.24. The first-order valence-electron chi connectivity index (χ1n) is 19.6. The van der Waals surface area contributed by atoms with E-state index in [1.807, 2.05) is 0 Å². The van der Waals surface area contributed by atoms with Crippen LogP contribution in [0.4, 0.5) is 0 Å². The van der Waals surface area contributed by atoms with Crippen LogP contribution in [0.3, 0.4) is 0 Å². The summed E-state index contributed by atoms with van der Waals surface area (Å²) in [5, 5.41) is 0. The van der Waals surface area contributed by atoms with E-state index in [0.717, 1.165) is 92.0 Å². The third-order valence-corrected chi connectivity index (χ3v) is 10.8. The molecule has 7 heteroatoms. The Morgan fingerprint density at radius 1 is 0.561 bits per heavy atom. The fourth-order valence-electron chi connectivity index (χ4n) is 8.31. The van der Waals surface area contributed by atoms with E-state index in [0.29, 0.717) is 0 Å². The van der Waals surface area contributed by atoms with Gasteiger partial charge in [0.15, 0.2) is 0 Å². The van der Waals surface area contributed by atoms with Crippen LogP contribution in [0.2, 0.25) is 0 Å². The Bertz CT molecular complexity index is 2410. The molecule has 286 valence electrons. The number of rotatable bonds is 6. The van der Waals surface area contributed by atoms with Crippen LogP contribution >= 0.6 is 0 Å². The second-order valence-corrected chi connectivity index (χ2v) is 15.5. The third kappa shape index (κ3) is 9.35. The molecule has 57 heavy (non-hydrogen) atoms. The van der Waals surface area contributed by atoms with Crippen molar-refractivity contribution < 1.29 is 38.0 Å². The fourth-order valence-corrected chi connectivity index (χ4v) is 8.31. The van der Waals surface area contributed by atoms with Gasteiger partial charge in [-0.3, -0.25) is 0 Å². The lowest BCUT2D eigenvalue weighted by Crippen LogP contribution is -2.68. The van der Waals surface area contributed by atoms with Crippen LogP contribution < -0.4 is 18.6 Å². The minimum atomic E-state index is -4.94. The summed E-state index contributed by atoms with van der Waals surface area (Å²) in [6.45, 7) is 0. The summed E-state index contributed by atoms with van der Waals surface area (Å²) in [7, 11) is -4.94. The number of benzene rings is 4. The second kappa shape index (κ2) is 17.3. The molecule has 2 heterocycles. The number of hydrogen-bond donors (Lipinski definition) is 0. The highest BCUT2D eigenvalue weighted by Gasteiger charge is 2.32. The molecule has 0 saturated heterocycles. The van der Waals surface area contributed by atoms with Gasteiger partial charge in [0, 0.05) is 16.7 Å². The molecule has 3 aliphatic carbocycles. The molecule has 0 fully saturated rings. The topological polar surface area (TPSA) is 113 Å². The van der Waals surface area contributed by atoms with Gasteiger partial charge >= 0.3 is 11.5 Å². The van der Waals surface area contributed by atoms with E-state index < -0.39 is 10.2 Å². The van der Waals surface area contributed by atoms with Crippen molar-refractivity contribution in [3.63, 3.8) is 0 Å². The van der Waals surface area contributed by atoms with Gasteiger partial charge in [0.05, 0.1) is 22.8 Å². The van der Waals surface area contributed by atoms with Gasteiger partial charge < -0.3 is 4.74 Å². The first-order valence-corrected chi connectivity index (χ1v) is 20.8. The predicted molar refractivity (Wildman–Crippen MR) is 215 cm³/mol. The van der Waals surface area contributed by atoms with Crippen LogP contribution in [0.5, 0.6) is 0 Å². The Morgan fingerprint density at radius 3 is 1.81 bits per heavy atom. The summed E-state index contributed by atoms with van der Waals surface area (Å²) in [5.74, 6) is 3.95. The summed E-state index contributed by atoms with van der Waals surface area (Å²) < 4.78 is 47.7. The number of halogens is 1. The van der Waals surface area contributed by atoms with E-state index in [-0.39, 0.29) is 0 Å². The van der Waals surface area contributed by atoms with E-state index in [1.54, 1.807) is 0 Å². The molecule has 0 bridgehead atoms. The Labute approximate surface area is 336 Å². The smallest absolute Gasteiger partial charge is 0.361 e. The standard InChI is InChI=1S/C50H43O2.ClHO4/c1-5-18-37(19-6-1)45-33-47(39-22-9-3-10-23-39)51-49-41(26-14-28-43(45)49)31-35-16-13-17-36(30-35)32-42-27-15-29-44-46(38-20-7-2-8-21-38)34-48(52-50(42)44)40-24-11-4-12-25-40;2-1(3,4)5/h1-12,18-25,30-34H,13-17,26-29H2;(H,2,3,4,5)/q+1;/p-1. The van der Waals surface area contributed by atoms with Gasteiger partial charge in [-0.2, -0.15) is 0 Å². The molecule has 4 aromatic carbocycles. The number of hydrogen-bond acceptors (Lipinski definition) is 5. The van der Waals surface area contributed by atoms with Crippen molar-refractivity contribution in [2.45, 2.75) is 57.8 Å². The first kappa shape index (κ1) is 38.3. The molecule has 1 aromatic heterocycles. The molecule has 0 spiro atoms. The minimum Gasteiger partial charge on any atom is -0.456 e. The molecular weight excluding hydrogens is 732 g/mol. The molecule has 9 rings (SSSR count). The van der Waals surface area contributed by atoms with Gasteiger partial charge in [-0.15, -0.1) is 10.2 Å². The minimum absolute atomic E-state index is 0.921. The quantitative estimate of drug-likeness (QED) is 0.159. The summed E-state index contributed by atoms with van der Waals surface area (Å²) in [6, 6.07) is 44.9. The summed E-state index contributed by atoms with van der Waals surface area (Å²) in [6.07, 6.45) is 19.2. The van der Waals surface area contributed by atoms with Crippen LogP contribution in [0.25, 0.3) is 39.4 Å². The molecule has 5 aromatic rings. The van der Waals surface area contributed by atoms with Crippen LogP contribution in [0, 0.1) is 10.2 Å². The van der Waals surface area contributed by atoms with Crippen LogP contribution in [-0.2, 0) is 11.2 Å². The zero-order valence-corrected chi connectivity index (χ0v) is 32.4. The van der Waals surface area contributed by atoms with E-state index in [4.69, 9.17) is 27.8 Å². The highest BCUT2D eigenvalue weighted by atomic mass is 35.7. The molecule has 1 aliphatic heterocycles. The third-order valence-electron chi connectivity index (χ3n) is 10.8. The molecule has 0 saturated carbocycles. The van der Waals surface area contributed by atoms with Gasteiger partial charge in [0.1, 0.15) is 11.5 Å². The Morgan fingerprint density at radius 2 is 1.14 bits per heavy atom. The zero-order valence-electron chi connectivity index (χ0n) is 31.6. The monoisotopic (exact) mass is 774 g/mol. The van der Waals surface area contributed by atoms with Crippen molar-refractivity contribution >= 4 is 16.9 Å². The lowest BCUT2D eigenvalue weighted by molar-refractivity contribution is -2.00. The number of ether oxygens (including phenoxy) is 1. The molecule has 4 aliphatic rings. The van der Waals surface area contributed by atoms with Gasteiger partial charge in [-0.25, -0.2) is 23.1 Å². The Hall–Kier alpha value is -5.60. The maximum atomic E-state index is 8.49. The molecule has 0 radical (unpaired) electrons. The lowest BCUT2D eigenvalue weighted by Gasteiger charge is -2.29. The van der Waals surface area contributed by atoms with E-state index in [2.05, 4.69) is 152 Å². The van der Waals surface area contributed by atoms with Crippen LogP contribution in [0.1, 0.15) is 73.8 Å². The SMILES string of the molecule is C1=C(C=C2CCCc3c(-c4ccccc4)cc(-c4ccccc4)[o+]c32)CCC/C1=C\C1=C2OC(c3ccccc3)=CC(c3ccccc3)=C2CCC1.[O-][Cl+3]([O-])([O-])[O-]. The van der Waals surface area contributed by atoms with Gasteiger partial charge in [0.2, 0.25) is 0 Å². The van der Waals surface area contributed by atoms with Gasteiger partial charge in [-0.1, -0.05) is 121 Å². The summed E-state index contributed by atoms with van der Waals surface area (Å²) in [4.78, 5) is 0. The first-order chi connectivity index (χ1) is 27.8.